The number of hydrogen-bond acceptors (Lipinski definition) is 1. The van der Waals surface area contributed by atoms with Gasteiger partial charge in [-0.2, -0.15) is 0 Å². The molecule has 4 heteroatoms. The SMILES string of the molecule is CCCCCCCCCCC[C@H](Br)[C@H](Br)CCCCC(=O)O. The van der Waals surface area contributed by atoms with Crippen molar-refractivity contribution in [3.63, 3.8) is 0 Å². The summed E-state index contributed by atoms with van der Waals surface area (Å²) in [7, 11) is 0. The molecule has 0 fully saturated rings. The standard InChI is InChI=1S/C18H34Br2O2/c1-2-3-4-5-6-7-8-9-10-13-16(19)17(20)14-11-12-15-18(21)22/h16-17H,2-15H2,1H3,(H,21,22)/t16-,17+/m0/s1. The number of carboxylic acids is 1. The van der Waals surface area contributed by atoms with Crippen molar-refractivity contribution in [3.05, 3.63) is 0 Å². The summed E-state index contributed by atoms with van der Waals surface area (Å²) in [5, 5.41) is 8.61. The van der Waals surface area contributed by atoms with Gasteiger partial charge in [-0.25, -0.2) is 0 Å². The van der Waals surface area contributed by atoms with Crippen LogP contribution in [0.5, 0.6) is 0 Å². The molecule has 0 aliphatic rings. The zero-order chi connectivity index (χ0) is 16.6. The van der Waals surface area contributed by atoms with Crippen molar-refractivity contribution in [3.8, 4) is 0 Å². The van der Waals surface area contributed by atoms with Crippen LogP contribution in [0.1, 0.15) is 96.8 Å². The van der Waals surface area contributed by atoms with Gasteiger partial charge in [-0.05, 0) is 19.3 Å². The van der Waals surface area contributed by atoms with E-state index in [9.17, 15) is 4.79 Å². The Labute approximate surface area is 154 Å². The molecule has 22 heavy (non-hydrogen) atoms. The Bertz CT molecular complexity index is 259. The lowest BCUT2D eigenvalue weighted by Crippen LogP contribution is -2.14. The highest BCUT2D eigenvalue weighted by atomic mass is 79.9. The van der Waals surface area contributed by atoms with Crippen LogP contribution in [0.3, 0.4) is 0 Å². The average Bonchev–Trinajstić information content (AvgIpc) is 2.49. The number of hydrogen-bond donors (Lipinski definition) is 1. The van der Waals surface area contributed by atoms with E-state index in [2.05, 4.69) is 38.8 Å². The van der Waals surface area contributed by atoms with Crippen LogP contribution in [-0.4, -0.2) is 20.7 Å². The second kappa shape index (κ2) is 16.3. The third-order valence-corrected chi connectivity index (χ3v) is 7.00. The second-order valence-electron chi connectivity index (χ2n) is 6.29. The minimum atomic E-state index is -0.684. The van der Waals surface area contributed by atoms with Crippen molar-refractivity contribution in [2.75, 3.05) is 0 Å². The Morgan fingerprint density at radius 1 is 0.773 bits per heavy atom. The molecule has 0 aliphatic carbocycles. The Morgan fingerprint density at radius 3 is 1.64 bits per heavy atom. The van der Waals surface area contributed by atoms with E-state index in [-0.39, 0.29) is 0 Å². The van der Waals surface area contributed by atoms with E-state index in [1.54, 1.807) is 0 Å². The zero-order valence-electron chi connectivity index (χ0n) is 14.2. The van der Waals surface area contributed by atoms with Gasteiger partial charge in [0, 0.05) is 16.1 Å². The minimum absolute atomic E-state index is 0.297. The van der Waals surface area contributed by atoms with E-state index in [0.29, 0.717) is 16.1 Å². The van der Waals surface area contributed by atoms with E-state index in [1.807, 2.05) is 0 Å². The molecule has 0 amide bonds. The lowest BCUT2D eigenvalue weighted by atomic mass is 10.0. The normalized spacial score (nSPS) is 14.0. The number of halogens is 2. The number of carboxylic acid groups (broad SMARTS) is 1. The molecule has 2 atom stereocenters. The summed E-state index contributed by atoms with van der Waals surface area (Å²) in [5.74, 6) is -0.684. The van der Waals surface area contributed by atoms with Crippen molar-refractivity contribution in [1.29, 1.82) is 0 Å². The summed E-state index contributed by atoms with van der Waals surface area (Å²) in [6.07, 6.45) is 16.7. The predicted molar refractivity (Wildman–Crippen MR) is 103 cm³/mol. The summed E-state index contributed by atoms with van der Waals surface area (Å²) < 4.78 is 0. The number of aliphatic carboxylic acids is 1. The van der Waals surface area contributed by atoms with Crippen molar-refractivity contribution < 1.29 is 9.90 Å². The summed E-state index contributed by atoms with van der Waals surface area (Å²) in [6, 6.07) is 0. The first-order chi connectivity index (χ1) is 10.6. The van der Waals surface area contributed by atoms with Crippen LogP contribution in [0, 0.1) is 0 Å². The Morgan fingerprint density at radius 2 is 1.18 bits per heavy atom. The van der Waals surface area contributed by atoms with Gasteiger partial charge in [0.05, 0.1) is 0 Å². The lowest BCUT2D eigenvalue weighted by molar-refractivity contribution is -0.137. The van der Waals surface area contributed by atoms with Crippen LogP contribution in [0.4, 0.5) is 0 Å². The van der Waals surface area contributed by atoms with E-state index in [1.165, 1.54) is 64.2 Å². The molecule has 2 nitrogen and oxygen atoms in total. The highest BCUT2D eigenvalue weighted by Crippen LogP contribution is 2.25. The van der Waals surface area contributed by atoms with Crippen LogP contribution in [0.15, 0.2) is 0 Å². The summed E-state index contributed by atoms with van der Waals surface area (Å²) >= 11 is 7.51. The molecule has 0 spiro atoms. The summed E-state index contributed by atoms with van der Waals surface area (Å²) in [6.45, 7) is 2.26. The van der Waals surface area contributed by atoms with Crippen LogP contribution in [0.25, 0.3) is 0 Å². The second-order valence-corrected chi connectivity index (χ2v) is 8.64. The monoisotopic (exact) mass is 440 g/mol. The third kappa shape index (κ3) is 15.3. The fourth-order valence-corrected chi connectivity index (χ4v) is 3.80. The molecule has 0 radical (unpaired) electrons. The van der Waals surface area contributed by atoms with Crippen LogP contribution < -0.4 is 0 Å². The molecule has 0 heterocycles. The van der Waals surface area contributed by atoms with Gasteiger partial charge in [-0.1, -0.05) is 103 Å². The molecule has 0 bridgehead atoms. The molecule has 1 N–H and O–H groups in total. The van der Waals surface area contributed by atoms with Gasteiger partial charge in [0.2, 0.25) is 0 Å². The van der Waals surface area contributed by atoms with Crippen molar-refractivity contribution >= 4 is 37.8 Å². The molecule has 0 aromatic carbocycles. The van der Waals surface area contributed by atoms with Gasteiger partial charge in [0.15, 0.2) is 0 Å². The molecule has 0 aliphatic heterocycles. The molecule has 0 unspecified atom stereocenters. The maximum absolute atomic E-state index is 10.5. The number of carbonyl (C=O) groups is 1. The number of rotatable bonds is 16. The zero-order valence-corrected chi connectivity index (χ0v) is 17.3. The Hall–Kier alpha value is 0.430. The molecule has 0 saturated carbocycles. The van der Waals surface area contributed by atoms with Crippen LogP contribution >= 0.6 is 31.9 Å². The van der Waals surface area contributed by atoms with Crippen LogP contribution in [-0.2, 0) is 4.79 Å². The predicted octanol–water partition coefficient (Wildman–Crippen LogP) is 7.08. The smallest absolute Gasteiger partial charge is 0.303 e. The van der Waals surface area contributed by atoms with E-state index >= 15 is 0 Å². The molecule has 0 rings (SSSR count). The van der Waals surface area contributed by atoms with Gasteiger partial charge in [0.1, 0.15) is 0 Å². The van der Waals surface area contributed by atoms with Gasteiger partial charge < -0.3 is 5.11 Å². The van der Waals surface area contributed by atoms with Crippen molar-refractivity contribution in [1.82, 2.24) is 0 Å². The highest BCUT2D eigenvalue weighted by molar-refractivity contribution is 9.12. The maximum Gasteiger partial charge on any atom is 0.303 e. The van der Waals surface area contributed by atoms with Gasteiger partial charge in [-0.15, -0.1) is 0 Å². The van der Waals surface area contributed by atoms with Crippen LogP contribution in [0.2, 0.25) is 0 Å². The van der Waals surface area contributed by atoms with E-state index in [0.717, 1.165) is 19.3 Å². The van der Waals surface area contributed by atoms with Gasteiger partial charge in [-0.3, -0.25) is 4.79 Å². The third-order valence-electron chi connectivity index (χ3n) is 4.10. The maximum atomic E-state index is 10.5. The first-order valence-corrected chi connectivity index (χ1v) is 10.9. The highest BCUT2D eigenvalue weighted by Gasteiger charge is 2.15. The fraction of sp³-hybridized carbons (Fsp3) is 0.944. The fourth-order valence-electron chi connectivity index (χ4n) is 2.63. The molecular formula is C18H34Br2O2. The topological polar surface area (TPSA) is 37.3 Å². The summed E-state index contributed by atoms with van der Waals surface area (Å²) in [4.78, 5) is 11.4. The lowest BCUT2D eigenvalue weighted by Gasteiger charge is -2.16. The Balaban J connectivity index is 3.36. The average molecular weight is 442 g/mol. The molecule has 0 aromatic rings. The van der Waals surface area contributed by atoms with Gasteiger partial charge in [0.25, 0.3) is 0 Å². The molecule has 0 saturated heterocycles. The number of unbranched alkanes of at least 4 members (excludes halogenated alkanes) is 9. The minimum Gasteiger partial charge on any atom is -0.481 e. The van der Waals surface area contributed by atoms with E-state index in [4.69, 9.17) is 5.11 Å². The van der Waals surface area contributed by atoms with E-state index < -0.39 is 5.97 Å². The molecule has 0 aromatic heterocycles. The quantitative estimate of drug-likeness (QED) is 0.205. The summed E-state index contributed by atoms with van der Waals surface area (Å²) in [5.41, 5.74) is 0. The first kappa shape index (κ1) is 22.4. The largest absolute Gasteiger partial charge is 0.481 e. The van der Waals surface area contributed by atoms with Gasteiger partial charge >= 0.3 is 5.97 Å². The van der Waals surface area contributed by atoms with Crippen molar-refractivity contribution in [2.24, 2.45) is 0 Å². The first-order valence-electron chi connectivity index (χ1n) is 9.07. The Kier molecular flexibility index (Phi) is 16.6. The molecular weight excluding hydrogens is 408 g/mol. The molecule has 132 valence electrons. The number of alkyl halides is 2. The van der Waals surface area contributed by atoms with Crippen molar-refractivity contribution in [2.45, 2.75) is 106 Å².